The molecule has 138 valence electrons. The summed E-state index contributed by atoms with van der Waals surface area (Å²) in [4.78, 5) is 12.7. The molecule has 1 amide bonds. The van der Waals surface area contributed by atoms with Gasteiger partial charge in [0, 0.05) is 12.6 Å². The summed E-state index contributed by atoms with van der Waals surface area (Å²) in [5, 5.41) is 3.09. The molecule has 0 bridgehead atoms. The van der Waals surface area contributed by atoms with Crippen molar-refractivity contribution in [3.63, 3.8) is 0 Å². The van der Waals surface area contributed by atoms with E-state index in [0.717, 1.165) is 43.2 Å². The molecule has 5 nitrogen and oxygen atoms in total. The van der Waals surface area contributed by atoms with E-state index in [1.807, 2.05) is 31.2 Å². The second-order valence-electron chi connectivity index (χ2n) is 7.29. The molecule has 2 fully saturated rings. The van der Waals surface area contributed by atoms with Gasteiger partial charge >= 0.3 is 0 Å². The Morgan fingerprint density at radius 2 is 1.84 bits per heavy atom. The highest BCUT2D eigenvalue weighted by Gasteiger charge is 2.39. The van der Waals surface area contributed by atoms with Gasteiger partial charge in [-0.05, 0) is 43.7 Å². The zero-order valence-electron chi connectivity index (χ0n) is 14.9. The van der Waals surface area contributed by atoms with Crippen LogP contribution in [0.2, 0.25) is 0 Å². The number of benzene rings is 1. The van der Waals surface area contributed by atoms with Gasteiger partial charge in [0.25, 0.3) is 0 Å². The van der Waals surface area contributed by atoms with Crippen LogP contribution in [-0.2, 0) is 20.6 Å². The highest BCUT2D eigenvalue weighted by Crippen LogP contribution is 2.25. The summed E-state index contributed by atoms with van der Waals surface area (Å²) < 4.78 is 27.2. The average Bonchev–Trinajstić information content (AvgIpc) is 3.09. The van der Waals surface area contributed by atoms with Gasteiger partial charge in [0.05, 0.1) is 5.75 Å². The van der Waals surface area contributed by atoms with Crippen molar-refractivity contribution in [1.82, 2.24) is 9.62 Å². The molecule has 1 saturated carbocycles. The highest BCUT2D eigenvalue weighted by atomic mass is 32.2. The lowest BCUT2D eigenvalue weighted by Crippen LogP contribution is -2.49. The lowest BCUT2D eigenvalue weighted by Gasteiger charge is -2.28. The topological polar surface area (TPSA) is 66.5 Å². The number of amides is 1. The van der Waals surface area contributed by atoms with Crippen molar-refractivity contribution in [2.45, 2.75) is 69.7 Å². The molecule has 2 aliphatic rings. The maximum atomic E-state index is 12.9. The summed E-state index contributed by atoms with van der Waals surface area (Å²) in [6, 6.07) is 7.19. The van der Waals surface area contributed by atoms with E-state index in [1.165, 1.54) is 10.7 Å². The standard InChI is InChI=1S/C19H28N2O3S/c1-15-8-5-6-9-16(15)14-25(23,24)21-13-7-12-18(21)19(22)20-17-10-3-2-4-11-17/h5-6,8-9,17-18H,2-4,7,10-14H2,1H3,(H,20,22)/t18-/m1/s1. The Balaban J connectivity index is 1.69. The number of sulfonamides is 1. The monoisotopic (exact) mass is 364 g/mol. The van der Waals surface area contributed by atoms with Gasteiger partial charge in [0.2, 0.25) is 15.9 Å². The third kappa shape index (κ3) is 4.42. The number of rotatable bonds is 5. The van der Waals surface area contributed by atoms with E-state index >= 15 is 0 Å². The Morgan fingerprint density at radius 1 is 1.12 bits per heavy atom. The molecule has 6 heteroatoms. The molecule has 0 radical (unpaired) electrons. The molecular formula is C19H28N2O3S. The molecule has 1 heterocycles. The van der Waals surface area contributed by atoms with E-state index < -0.39 is 16.1 Å². The lowest BCUT2D eigenvalue weighted by atomic mass is 9.95. The SMILES string of the molecule is Cc1ccccc1CS(=O)(=O)N1CCC[C@@H]1C(=O)NC1CCCCC1. The summed E-state index contributed by atoms with van der Waals surface area (Å²) in [7, 11) is -3.50. The first-order valence-corrected chi connectivity index (χ1v) is 10.9. The van der Waals surface area contributed by atoms with Crippen LogP contribution >= 0.6 is 0 Å². The number of hydrogen-bond acceptors (Lipinski definition) is 3. The molecule has 1 atom stereocenters. The smallest absolute Gasteiger partial charge is 0.238 e. The van der Waals surface area contributed by atoms with Crippen LogP contribution in [0.4, 0.5) is 0 Å². The number of nitrogens with zero attached hydrogens (tertiary/aromatic N) is 1. The van der Waals surface area contributed by atoms with Gasteiger partial charge in [0.1, 0.15) is 6.04 Å². The molecule has 0 spiro atoms. The fourth-order valence-electron chi connectivity index (χ4n) is 3.93. The van der Waals surface area contributed by atoms with Gasteiger partial charge in [-0.2, -0.15) is 4.31 Å². The normalized spacial score (nSPS) is 22.8. The molecule has 0 aromatic heterocycles. The zero-order valence-corrected chi connectivity index (χ0v) is 15.7. The van der Waals surface area contributed by atoms with Crippen molar-refractivity contribution in [2.75, 3.05) is 6.54 Å². The van der Waals surface area contributed by atoms with Crippen molar-refractivity contribution in [3.05, 3.63) is 35.4 Å². The van der Waals surface area contributed by atoms with Crippen molar-refractivity contribution >= 4 is 15.9 Å². The van der Waals surface area contributed by atoms with Crippen LogP contribution in [0.15, 0.2) is 24.3 Å². The fourth-order valence-corrected chi connectivity index (χ4v) is 5.81. The Bertz CT molecular complexity index is 711. The van der Waals surface area contributed by atoms with Crippen LogP contribution in [0.3, 0.4) is 0 Å². The molecule has 1 aliphatic heterocycles. The number of carbonyl (C=O) groups is 1. The van der Waals surface area contributed by atoms with Crippen LogP contribution in [0, 0.1) is 6.92 Å². The largest absolute Gasteiger partial charge is 0.352 e. The predicted molar refractivity (Wildman–Crippen MR) is 98.5 cm³/mol. The van der Waals surface area contributed by atoms with Crippen molar-refractivity contribution in [3.8, 4) is 0 Å². The van der Waals surface area contributed by atoms with Gasteiger partial charge in [0.15, 0.2) is 0 Å². The minimum absolute atomic E-state index is 0.0348. The van der Waals surface area contributed by atoms with Crippen LogP contribution < -0.4 is 5.32 Å². The second kappa shape index (κ2) is 7.87. The molecule has 25 heavy (non-hydrogen) atoms. The Kier molecular flexibility index (Phi) is 5.79. The maximum absolute atomic E-state index is 12.9. The van der Waals surface area contributed by atoms with Gasteiger partial charge in [-0.15, -0.1) is 0 Å². The summed E-state index contributed by atoms with van der Waals surface area (Å²) >= 11 is 0. The lowest BCUT2D eigenvalue weighted by molar-refractivity contribution is -0.125. The average molecular weight is 365 g/mol. The molecule has 1 aromatic carbocycles. The predicted octanol–water partition coefficient (Wildman–Crippen LogP) is 2.74. The summed E-state index contributed by atoms with van der Waals surface area (Å²) in [6.45, 7) is 2.36. The second-order valence-corrected chi connectivity index (χ2v) is 9.22. The Hall–Kier alpha value is -1.40. The van der Waals surface area contributed by atoms with Crippen molar-refractivity contribution in [1.29, 1.82) is 0 Å². The summed E-state index contributed by atoms with van der Waals surface area (Å²) in [6.07, 6.45) is 6.90. The third-order valence-electron chi connectivity index (χ3n) is 5.41. The number of carbonyl (C=O) groups excluding carboxylic acids is 1. The molecule has 1 aromatic rings. The third-order valence-corrected chi connectivity index (χ3v) is 7.24. The zero-order chi connectivity index (χ0) is 17.9. The first-order valence-electron chi connectivity index (χ1n) is 9.32. The van der Waals surface area contributed by atoms with Crippen LogP contribution in [0.5, 0.6) is 0 Å². The van der Waals surface area contributed by atoms with E-state index in [9.17, 15) is 13.2 Å². The highest BCUT2D eigenvalue weighted by molar-refractivity contribution is 7.88. The van der Waals surface area contributed by atoms with Gasteiger partial charge < -0.3 is 5.32 Å². The van der Waals surface area contributed by atoms with Gasteiger partial charge in [-0.1, -0.05) is 43.5 Å². The van der Waals surface area contributed by atoms with Crippen LogP contribution in [-0.4, -0.2) is 37.3 Å². The fraction of sp³-hybridized carbons (Fsp3) is 0.632. The van der Waals surface area contributed by atoms with Gasteiger partial charge in [-0.25, -0.2) is 8.42 Å². The maximum Gasteiger partial charge on any atom is 0.238 e. The van der Waals surface area contributed by atoms with E-state index in [4.69, 9.17) is 0 Å². The molecule has 3 rings (SSSR count). The number of aryl methyl sites for hydroxylation is 1. The van der Waals surface area contributed by atoms with Crippen molar-refractivity contribution < 1.29 is 13.2 Å². The Labute approximate surface area is 150 Å². The quantitative estimate of drug-likeness (QED) is 0.874. The van der Waals surface area contributed by atoms with E-state index in [0.29, 0.717) is 13.0 Å². The minimum Gasteiger partial charge on any atom is -0.352 e. The van der Waals surface area contributed by atoms with E-state index in [2.05, 4.69) is 5.32 Å². The van der Waals surface area contributed by atoms with Crippen LogP contribution in [0.25, 0.3) is 0 Å². The first kappa shape index (κ1) is 18.4. The van der Waals surface area contributed by atoms with Gasteiger partial charge in [-0.3, -0.25) is 4.79 Å². The van der Waals surface area contributed by atoms with E-state index in [-0.39, 0.29) is 17.7 Å². The number of hydrogen-bond donors (Lipinski definition) is 1. The van der Waals surface area contributed by atoms with E-state index in [1.54, 1.807) is 0 Å². The number of nitrogens with one attached hydrogen (secondary N) is 1. The molecule has 1 N–H and O–H groups in total. The van der Waals surface area contributed by atoms with Crippen LogP contribution in [0.1, 0.15) is 56.1 Å². The van der Waals surface area contributed by atoms with Crippen molar-refractivity contribution in [2.24, 2.45) is 0 Å². The minimum atomic E-state index is -3.50. The summed E-state index contributed by atoms with van der Waals surface area (Å²) in [5.74, 6) is -0.148. The molecule has 1 aliphatic carbocycles. The molecular weight excluding hydrogens is 336 g/mol. The molecule has 0 unspecified atom stereocenters. The Morgan fingerprint density at radius 3 is 2.56 bits per heavy atom. The molecule has 1 saturated heterocycles. The first-order chi connectivity index (χ1) is 12.0. The summed E-state index contributed by atoms with van der Waals surface area (Å²) in [5.41, 5.74) is 1.77.